The van der Waals surface area contributed by atoms with Gasteiger partial charge in [0.25, 0.3) is 0 Å². The third-order valence-corrected chi connectivity index (χ3v) is 4.55. The predicted octanol–water partition coefficient (Wildman–Crippen LogP) is 1.53. The van der Waals surface area contributed by atoms with Crippen LogP contribution in [0, 0.1) is 0 Å². The van der Waals surface area contributed by atoms with Crippen molar-refractivity contribution in [3.05, 3.63) is 30.1 Å². The van der Waals surface area contributed by atoms with E-state index in [1.54, 1.807) is 18.9 Å². The molecule has 0 radical (unpaired) electrons. The van der Waals surface area contributed by atoms with Gasteiger partial charge in [-0.05, 0) is 17.9 Å². The van der Waals surface area contributed by atoms with Gasteiger partial charge < -0.3 is 10.1 Å². The van der Waals surface area contributed by atoms with Gasteiger partial charge in [0.2, 0.25) is 5.91 Å². The van der Waals surface area contributed by atoms with E-state index in [2.05, 4.69) is 20.8 Å². The Morgan fingerprint density at radius 2 is 2.20 bits per heavy atom. The minimum absolute atomic E-state index is 0.215. The fourth-order valence-corrected chi connectivity index (χ4v) is 3.38. The van der Waals surface area contributed by atoms with Crippen molar-refractivity contribution in [2.75, 3.05) is 12.9 Å². The molecule has 132 valence electrons. The second-order valence-electron chi connectivity index (χ2n) is 5.50. The maximum absolute atomic E-state index is 11.6. The molecule has 1 aromatic heterocycles. The molecule has 0 bridgehead atoms. The maximum Gasteiger partial charge on any atom is 0.321 e. The molecule has 1 atom stereocenters. The van der Waals surface area contributed by atoms with E-state index in [4.69, 9.17) is 4.74 Å². The van der Waals surface area contributed by atoms with Crippen LogP contribution in [0.25, 0.3) is 5.69 Å². The third kappa shape index (κ3) is 3.93. The van der Waals surface area contributed by atoms with E-state index in [9.17, 15) is 9.59 Å². The summed E-state index contributed by atoms with van der Waals surface area (Å²) in [5.41, 5.74) is 0.877. The average Bonchev–Trinajstić information content (AvgIpc) is 2.96. The highest BCUT2D eigenvalue weighted by Gasteiger charge is 2.26. The summed E-state index contributed by atoms with van der Waals surface area (Å²) in [6.07, 6.45) is 0.626. The van der Waals surface area contributed by atoms with Crippen LogP contribution in [0.4, 0.5) is 4.79 Å². The van der Waals surface area contributed by atoms with Crippen LogP contribution in [0.5, 0.6) is 5.75 Å². The fourth-order valence-electron chi connectivity index (χ4n) is 2.68. The van der Waals surface area contributed by atoms with Crippen LogP contribution in [-0.4, -0.2) is 45.6 Å². The number of amides is 3. The van der Waals surface area contributed by atoms with Crippen molar-refractivity contribution < 1.29 is 14.3 Å². The van der Waals surface area contributed by atoms with E-state index in [-0.39, 0.29) is 18.4 Å². The molecule has 9 heteroatoms. The molecule has 25 heavy (non-hydrogen) atoms. The summed E-state index contributed by atoms with van der Waals surface area (Å²) < 4.78 is 7.24. The number of hydrogen-bond donors (Lipinski definition) is 2. The fraction of sp³-hybridized carbons (Fsp3) is 0.375. The van der Waals surface area contributed by atoms with Crippen molar-refractivity contribution in [1.29, 1.82) is 0 Å². The molecule has 1 saturated heterocycles. The van der Waals surface area contributed by atoms with Gasteiger partial charge in [0.05, 0.1) is 12.8 Å². The standard InChI is InChI=1S/C16H19N5O3S/c1-3-25-16-20-19-13(7-10-8-14(22)18-15(23)17-10)21(16)11-5-4-6-12(9-11)24-2/h4-6,9-10H,3,7-8H2,1-2H3,(H2,17,18,22,23). The minimum Gasteiger partial charge on any atom is -0.497 e. The topological polar surface area (TPSA) is 98.1 Å². The molecule has 2 aromatic rings. The number of thioether (sulfide) groups is 1. The van der Waals surface area contributed by atoms with E-state index in [0.29, 0.717) is 12.2 Å². The number of rotatable bonds is 6. The molecule has 2 N–H and O–H groups in total. The highest BCUT2D eigenvalue weighted by Crippen LogP contribution is 2.25. The Labute approximate surface area is 149 Å². The van der Waals surface area contributed by atoms with Gasteiger partial charge >= 0.3 is 6.03 Å². The SMILES string of the molecule is CCSc1nnc(CC2CC(=O)NC(=O)N2)n1-c1cccc(OC)c1. The monoisotopic (exact) mass is 361 g/mol. The van der Waals surface area contributed by atoms with Crippen molar-refractivity contribution >= 4 is 23.7 Å². The summed E-state index contributed by atoms with van der Waals surface area (Å²) in [4.78, 5) is 23.1. The normalized spacial score (nSPS) is 17.1. The molecule has 1 unspecified atom stereocenters. The van der Waals surface area contributed by atoms with E-state index in [1.807, 2.05) is 35.8 Å². The first-order chi connectivity index (χ1) is 12.1. The zero-order valence-corrected chi connectivity index (χ0v) is 14.8. The van der Waals surface area contributed by atoms with Crippen LogP contribution < -0.4 is 15.4 Å². The van der Waals surface area contributed by atoms with Crippen LogP contribution in [0.15, 0.2) is 29.4 Å². The number of ether oxygens (including phenoxy) is 1. The van der Waals surface area contributed by atoms with E-state index in [0.717, 1.165) is 22.3 Å². The summed E-state index contributed by atoms with van der Waals surface area (Å²) >= 11 is 1.58. The Morgan fingerprint density at radius 1 is 1.36 bits per heavy atom. The number of nitrogens with zero attached hydrogens (tertiary/aromatic N) is 3. The molecular formula is C16H19N5O3S. The molecule has 0 saturated carbocycles. The summed E-state index contributed by atoms with van der Waals surface area (Å²) in [6, 6.07) is 6.83. The molecule has 0 spiro atoms. The zero-order chi connectivity index (χ0) is 17.8. The Bertz CT molecular complexity index is 776. The third-order valence-electron chi connectivity index (χ3n) is 3.73. The smallest absolute Gasteiger partial charge is 0.321 e. The number of carbonyl (C=O) groups is 2. The van der Waals surface area contributed by atoms with Crippen molar-refractivity contribution in [2.45, 2.75) is 31.0 Å². The predicted molar refractivity (Wildman–Crippen MR) is 93.1 cm³/mol. The molecule has 2 heterocycles. The van der Waals surface area contributed by atoms with Crippen LogP contribution in [-0.2, 0) is 11.2 Å². The minimum atomic E-state index is -0.475. The molecule has 1 fully saturated rings. The Kier molecular flexibility index (Phi) is 5.22. The Balaban J connectivity index is 1.94. The van der Waals surface area contributed by atoms with Gasteiger partial charge in [0.15, 0.2) is 5.16 Å². The number of imide groups is 1. The van der Waals surface area contributed by atoms with Crippen LogP contribution in [0.1, 0.15) is 19.2 Å². The van der Waals surface area contributed by atoms with Gasteiger partial charge in [-0.25, -0.2) is 4.79 Å². The zero-order valence-electron chi connectivity index (χ0n) is 14.0. The number of hydrogen-bond acceptors (Lipinski definition) is 6. The van der Waals surface area contributed by atoms with Crippen molar-refractivity contribution in [2.24, 2.45) is 0 Å². The van der Waals surface area contributed by atoms with Gasteiger partial charge in [-0.15, -0.1) is 10.2 Å². The van der Waals surface area contributed by atoms with E-state index in [1.165, 1.54) is 0 Å². The van der Waals surface area contributed by atoms with Crippen LogP contribution in [0.3, 0.4) is 0 Å². The Hall–Kier alpha value is -2.55. The van der Waals surface area contributed by atoms with Gasteiger partial charge in [-0.1, -0.05) is 24.8 Å². The molecule has 3 amide bonds. The van der Waals surface area contributed by atoms with Crippen LogP contribution in [0.2, 0.25) is 0 Å². The number of nitrogens with one attached hydrogen (secondary N) is 2. The Morgan fingerprint density at radius 3 is 2.92 bits per heavy atom. The molecule has 0 aliphatic carbocycles. The molecular weight excluding hydrogens is 342 g/mol. The number of carbonyl (C=O) groups excluding carboxylic acids is 2. The highest BCUT2D eigenvalue weighted by atomic mass is 32.2. The van der Waals surface area contributed by atoms with Crippen molar-refractivity contribution in [1.82, 2.24) is 25.4 Å². The first-order valence-corrected chi connectivity index (χ1v) is 8.91. The van der Waals surface area contributed by atoms with Crippen LogP contribution >= 0.6 is 11.8 Å². The maximum atomic E-state index is 11.6. The lowest BCUT2D eigenvalue weighted by Gasteiger charge is -2.23. The second kappa shape index (κ2) is 7.56. The van der Waals surface area contributed by atoms with Gasteiger partial charge in [-0.2, -0.15) is 0 Å². The summed E-state index contributed by atoms with van der Waals surface area (Å²) in [7, 11) is 1.62. The van der Waals surface area contributed by atoms with Gasteiger partial charge in [0.1, 0.15) is 11.6 Å². The van der Waals surface area contributed by atoms with Crippen molar-refractivity contribution in [3.63, 3.8) is 0 Å². The van der Waals surface area contributed by atoms with Gasteiger partial charge in [-0.3, -0.25) is 14.7 Å². The average molecular weight is 361 g/mol. The van der Waals surface area contributed by atoms with Gasteiger partial charge in [0, 0.05) is 24.9 Å². The largest absolute Gasteiger partial charge is 0.497 e. The number of aromatic nitrogens is 3. The second-order valence-corrected chi connectivity index (χ2v) is 6.73. The number of urea groups is 1. The molecule has 1 aliphatic heterocycles. The molecule has 1 aromatic carbocycles. The van der Waals surface area contributed by atoms with E-state index < -0.39 is 6.03 Å². The van der Waals surface area contributed by atoms with Crippen molar-refractivity contribution in [3.8, 4) is 11.4 Å². The summed E-state index contributed by atoms with van der Waals surface area (Å²) in [6.45, 7) is 2.04. The summed E-state index contributed by atoms with van der Waals surface area (Å²) in [5.74, 6) is 1.98. The lowest BCUT2D eigenvalue weighted by Crippen LogP contribution is -2.53. The first-order valence-electron chi connectivity index (χ1n) is 7.92. The number of benzene rings is 1. The molecule has 3 rings (SSSR count). The molecule has 8 nitrogen and oxygen atoms in total. The highest BCUT2D eigenvalue weighted by molar-refractivity contribution is 7.99. The first kappa shape index (κ1) is 17.3. The summed E-state index contributed by atoms with van der Waals surface area (Å²) in [5, 5.41) is 14.3. The van der Waals surface area contributed by atoms with E-state index >= 15 is 0 Å². The lowest BCUT2D eigenvalue weighted by atomic mass is 10.1. The number of methoxy groups -OCH3 is 1. The lowest BCUT2D eigenvalue weighted by molar-refractivity contribution is -0.121. The quantitative estimate of drug-likeness (QED) is 0.757. The molecule has 1 aliphatic rings.